The number of carbonyl (C=O) groups excluding carboxylic acids is 1. The second-order valence-corrected chi connectivity index (χ2v) is 6.25. The van der Waals surface area contributed by atoms with Crippen LogP contribution in [0.4, 0.5) is 10.8 Å². The van der Waals surface area contributed by atoms with Crippen LogP contribution in [0.3, 0.4) is 0 Å². The Morgan fingerprint density at radius 3 is 3.13 bits per heavy atom. The fourth-order valence-corrected chi connectivity index (χ4v) is 3.35. The Kier molecular flexibility index (Phi) is 4.88. The Labute approximate surface area is 139 Å². The van der Waals surface area contributed by atoms with Crippen molar-refractivity contribution in [3.05, 3.63) is 35.7 Å². The lowest BCUT2D eigenvalue weighted by atomic mass is 10.2. The number of carbonyl (C=O) groups is 1. The van der Waals surface area contributed by atoms with Gasteiger partial charge in [-0.05, 0) is 25.0 Å². The minimum Gasteiger partial charge on any atom is -0.384 e. The van der Waals surface area contributed by atoms with Crippen molar-refractivity contribution in [3.8, 4) is 0 Å². The highest BCUT2D eigenvalue weighted by Gasteiger charge is 2.28. The Bertz CT molecular complexity index is 688. The Balaban J connectivity index is 1.63. The molecular formula is C16H20N4O2S. The van der Waals surface area contributed by atoms with Crippen molar-refractivity contribution in [2.24, 2.45) is 0 Å². The molecule has 0 bridgehead atoms. The molecule has 0 spiro atoms. The molecule has 2 heterocycles. The number of aromatic nitrogens is 2. The summed E-state index contributed by atoms with van der Waals surface area (Å²) in [6.45, 7) is 3.19. The highest BCUT2D eigenvalue weighted by molar-refractivity contribution is 7.09. The number of nitrogens with zero attached hydrogens (tertiary/aromatic N) is 3. The third kappa shape index (κ3) is 3.51. The zero-order chi connectivity index (χ0) is 16.2. The molecule has 1 aliphatic heterocycles. The molecule has 1 atom stereocenters. The Morgan fingerprint density at radius 1 is 1.48 bits per heavy atom. The third-order valence-corrected chi connectivity index (χ3v) is 4.55. The number of amides is 1. The lowest BCUT2D eigenvalue weighted by Gasteiger charge is -2.22. The van der Waals surface area contributed by atoms with Crippen LogP contribution in [0.15, 0.2) is 24.3 Å². The summed E-state index contributed by atoms with van der Waals surface area (Å²) < 4.78 is 9.28. The first-order valence-corrected chi connectivity index (χ1v) is 8.43. The molecule has 0 unspecified atom stereocenters. The standard InChI is InChI=1S/C16H20N4O2S/c1-11(17-16-18-14(19-23-16)8-10-22-2)15(21)20-9-7-12-5-3-4-6-13(12)20/h3-6,11H,7-10H2,1-2H3,(H,17,18,19)/t11-/m0/s1. The molecule has 1 N–H and O–H groups in total. The summed E-state index contributed by atoms with van der Waals surface area (Å²) in [5.41, 5.74) is 2.25. The smallest absolute Gasteiger partial charge is 0.249 e. The van der Waals surface area contributed by atoms with Crippen LogP contribution in [-0.4, -0.2) is 41.6 Å². The van der Waals surface area contributed by atoms with Crippen LogP contribution >= 0.6 is 11.5 Å². The molecule has 0 aliphatic carbocycles. The Morgan fingerprint density at radius 2 is 2.30 bits per heavy atom. The number of ether oxygens (including phenoxy) is 1. The predicted octanol–water partition coefficient (Wildman–Crippen LogP) is 2.12. The molecule has 0 saturated heterocycles. The molecule has 2 aromatic rings. The Hall–Kier alpha value is -1.99. The molecule has 122 valence electrons. The van der Waals surface area contributed by atoms with Gasteiger partial charge in [0.05, 0.1) is 6.61 Å². The van der Waals surface area contributed by atoms with Gasteiger partial charge >= 0.3 is 0 Å². The molecule has 3 rings (SSSR count). The minimum absolute atomic E-state index is 0.0589. The first kappa shape index (κ1) is 15.9. The van der Waals surface area contributed by atoms with Gasteiger partial charge in [-0.15, -0.1) is 0 Å². The lowest BCUT2D eigenvalue weighted by Crippen LogP contribution is -2.40. The van der Waals surface area contributed by atoms with Crippen molar-refractivity contribution < 1.29 is 9.53 Å². The summed E-state index contributed by atoms with van der Waals surface area (Å²) in [6.07, 6.45) is 1.59. The van der Waals surface area contributed by atoms with E-state index in [-0.39, 0.29) is 11.9 Å². The zero-order valence-electron chi connectivity index (χ0n) is 13.3. The van der Waals surface area contributed by atoms with Crippen molar-refractivity contribution in [1.29, 1.82) is 0 Å². The molecule has 1 aromatic carbocycles. The first-order chi connectivity index (χ1) is 11.2. The van der Waals surface area contributed by atoms with Gasteiger partial charge in [0.25, 0.3) is 0 Å². The molecule has 1 aliphatic rings. The molecule has 0 fully saturated rings. The van der Waals surface area contributed by atoms with E-state index in [0.29, 0.717) is 18.2 Å². The van der Waals surface area contributed by atoms with E-state index in [1.165, 1.54) is 17.1 Å². The monoisotopic (exact) mass is 332 g/mol. The van der Waals surface area contributed by atoms with E-state index in [1.54, 1.807) is 7.11 Å². The van der Waals surface area contributed by atoms with Gasteiger partial charge in [-0.1, -0.05) is 18.2 Å². The van der Waals surface area contributed by atoms with Gasteiger partial charge in [0.2, 0.25) is 11.0 Å². The lowest BCUT2D eigenvalue weighted by molar-refractivity contribution is -0.118. The molecule has 7 heteroatoms. The number of benzene rings is 1. The third-order valence-electron chi connectivity index (χ3n) is 3.86. The summed E-state index contributed by atoms with van der Waals surface area (Å²) in [5, 5.41) is 3.83. The number of nitrogens with one attached hydrogen (secondary N) is 1. The fraction of sp³-hybridized carbons (Fsp3) is 0.438. The number of rotatable bonds is 6. The normalized spacial score (nSPS) is 14.6. The van der Waals surface area contributed by atoms with Crippen LogP contribution in [0.25, 0.3) is 0 Å². The maximum atomic E-state index is 12.7. The molecule has 1 amide bonds. The quantitative estimate of drug-likeness (QED) is 0.877. The molecule has 0 radical (unpaired) electrons. The van der Waals surface area contributed by atoms with Crippen molar-refractivity contribution in [2.75, 3.05) is 30.5 Å². The SMILES string of the molecule is COCCc1nsc(N[C@@H](C)C(=O)N2CCc3ccccc32)n1. The van der Waals surface area contributed by atoms with Crippen LogP contribution in [-0.2, 0) is 22.4 Å². The molecule has 6 nitrogen and oxygen atoms in total. The zero-order valence-corrected chi connectivity index (χ0v) is 14.1. The van der Waals surface area contributed by atoms with Crippen LogP contribution < -0.4 is 10.2 Å². The number of para-hydroxylation sites is 1. The van der Waals surface area contributed by atoms with Gasteiger partial charge < -0.3 is 15.0 Å². The van der Waals surface area contributed by atoms with E-state index in [4.69, 9.17) is 4.74 Å². The van der Waals surface area contributed by atoms with E-state index in [9.17, 15) is 4.79 Å². The number of hydrogen-bond acceptors (Lipinski definition) is 6. The van der Waals surface area contributed by atoms with Crippen LogP contribution in [0.5, 0.6) is 0 Å². The average Bonchev–Trinajstić information content (AvgIpc) is 3.18. The van der Waals surface area contributed by atoms with Gasteiger partial charge in [0.15, 0.2) is 0 Å². The van der Waals surface area contributed by atoms with Gasteiger partial charge in [-0.3, -0.25) is 4.79 Å². The van der Waals surface area contributed by atoms with Crippen molar-refractivity contribution in [2.45, 2.75) is 25.8 Å². The molecule has 0 saturated carbocycles. The van der Waals surface area contributed by atoms with Gasteiger partial charge in [-0.25, -0.2) is 4.98 Å². The van der Waals surface area contributed by atoms with Gasteiger partial charge in [0.1, 0.15) is 11.9 Å². The van der Waals surface area contributed by atoms with E-state index in [0.717, 1.165) is 24.5 Å². The highest BCUT2D eigenvalue weighted by Crippen LogP contribution is 2.28. The fourth-order valence-electron chi connectivity index (χ4n) is 2.66. The van der Waals surface area contributed by atoms with Gasteiger partial charge in [-0.2, -0.15) is 4.37 Å². The highest BCUT2D eigenvalue weighted by atomic mass is 32.1. The van der Waals surface area contributed by atoms with E-state index in [1.807, 2.05) is 30.0 Å². The van der Waals surface area contributed by atoms with Crippen LogP contribution in [0.1, 0.15) is 18.3 Å². The van der Waals surface area contributed by atoms with E-state index < -0.39 is 0 Å². The second-order valence-electron chi connectivity index (χ2n) is 5.49. The average molecular weight is 332 g/mol. The summed E-state index contributed by atoms with van der Waals surface area (Å²) in [5.74, 6) is 0.800. The summed E-state index contributed by atoms with van der Waals surface area (Å²) in [7, 11) is 1.65. The summed E-state index contributed by atoms with van der Waals surface area (Å²) >= 11 is 1.28. The van der Waals surface area contributed by atoms with E-state index >= 15 is 0 Å². The maximum absolute atomic E-state index is 12.7. The molecular weight excluding hydrogens is 312 g/mol. The van der Waals surface area contributed by atoms with Crippen molar-refractivity contribution in [1.82, 2.24) is 9.36 Å². The summed E-state index contributed by atoms with van der Waals surface area (Å²) in [4.78, 5) is 18.9. The minimum atomic E-state index is -0.343. The maximum Gasteiger partial charge on any atom is 0.249 e. The van der Waals surface area contributed by atoms with Crippen molar-refractivity contribution in [3.63, 3.8) is 0 Å². The molecule has 23 heavy (non-hydrogen) atoms. The van der Waals surface area contributed by atoms with Gasteiger partial charge in [0, 0.05) is 37.3 Å². The number of hydrogen-bond donors (Lipinski definition) is 1. The molecule has 1 aromatic heterocycles. The van der Waals surface area contributed by atoms with Crippen LogP contribution in [0.2, 0.25) is 0 Å². The topological polar surface area (TPSA) is 67.3 Å². The largest absolute Gasteiger partial charge is 0.384 e. The number of methoxy groups -OCH3 is 1. The predicted molar refractivity (Wildman–Crippen MR) is 91.1 cm³/mol. The number of anilines is 2. The second kappa shape index (κ2) is 7.06. The van der Waals surface area contributed by atoms with Crippen molar-refractivity contribution >= 4 is 28.3 Å². The van der Waals surface area contributed by atoms with Crippen LogP contribution in [0, 0.1) is 0 Å². The van der Waals surface area contributed by atoms with E-state index in [2.05, 4.69) is 20.7 Å². The summed E-state index contributed by atoms with van der Waals surface area (Å²) in [6, 6.07) is 7.71. The first-order valence-electron chi connectivity index (χ1n) is 7.66. The number of fused-ring (bicyclic) bond motifs is 1.